The molecule has 1 fully saturated rings. The maximum absolute atomic E-state index is 12.1. The maximum Gasteiger partial charge on any atom is 0.363 e. The molecule has 8 heteroatoms. The number of alkyl halides is 1. The summed E-state index contributed by atoms with van der Waals surface area (Å²) in [6.45, 7) is 1.78. The predicted octanol–water partition coefficient (Wildman–Crippen LogP) is 2.40. The van der Waals surface area contributed by atoms with E-state index in [0.29, 0.717) is 28.0 Å². The number of carbonyl (C=O) groups excluding carboxylic acids is 2. The first-order valence-corrected chi connectivity index (χ1v) is 7.88. The molecule has 1 saturated heterocycles. The van der Waals surface area contributed by atoms with Gasteiger partial charge >= 0.3 is 5.97 Å². The van der Waals surface area contributed by atoms with Crippen molar-refractivity contribution in [1.82, 2.24) is 10.0 Å². The van der Waals surface area contributed by atoms with E-state index < -0.39 is 18.1 Å². The summed E-state index contributed by atoms with van der Waals surface area (Å²) in [6.07, 6.45) is -0.693. The molecule has 1 aromatic carbocycles. The zero-order chi connectivity index (χ0) is 17.3. The number of aliphatic hydroxyl groups excluding tert-OH is 1. The number of amides is 1. The Hall–Kier alpha value is -2.38. The summed E-state index contributed by atoms with van der Waals surface area (Å²) in [7, 11) is 0. The zero-order valence-corrected chi connectivity index (χ0v) is 13.6. The Balaban J connectivity index is 1.74. The number of halogens is 1. The first kappa shape index (κ1) is 16.5. The normalized spacial score (nSPS) is 17.4. The first-order chi connectivity index (χ1) is 11.5. The smallest absolute Gasteiger partial charge is 0.363 e. The van der Waals surface area contributed by atoms with E-state index in [4.69, 9.17) is 20.9 Å². The molecule has 1 aliphatic heterocycles. The molecule has 0 aliphatic carbocycles. The Morgan fingerprint density at radius 3 is 2.71 bits per heavy atom. The standard InChI is InChI=1S/C16H15ClN2O5/c1-9-12(8-17)18-15(23-9)10-2-4-11(5-3-10)16(22)24-19-13(20)6-7-14(19)21/h2-5,13,20H,6-8H2,1H3. The Labute approximate surface area is 142 Å². The van der Waals surface area contributed by atoms with Crippen molar-refractivity contribution < 1.29 is 24.0 Å². The topological polar surface area (TPSA) is 92.9 Å². The summed E-state index contributed by atoms with van der Waals surface area (Å²) in [6, 6.07) is 6.37. The predicted molar refractivity (Wildman–Crippen MR) is 83.7 cm³/mol. The van der Waals surface area contributed by atoms with Crippen molar-refractivity contribution in [2.75, 3.05) is 0 Å². The van der Waals surface area contributed by atoms with Crippen LogP contribution in [0.3, 0.4) is 0 Å². The molecule has 7 nitrogen and oxygen atoms in total. The Kier molecular flexibility index (Phi) is 4.55. The van der Waals surface area contributed by atoms with Crippen molar-refractivity contribution in [2.45, 2.75) is 31.9 Å². The fourth-order valence-electron chi connectivity index (χ4n) is 2.32. The van der Waals surface area contributed by atoms with Gasteiger partial charge in [0.25, 0.3) is 5.91 Å². The third-order valence-corrected chi connectivity index (χ3v) is 3.95. The third-order valence-electron chi connectivity index (χ3n) is 3.70. The van der Waals surface area contributed by atoms with Gasteiger partial charge in [-0.15, -0.1) is 16.7 Å². The van der Waals surface area contributed by atoms with E-state index in [-0.39, 0.29) is 24.3 Å². The fourth-order valence-corrected chi connectivity index (χ4v) is 2.57. The molecule has 1 aromatic heterocycles. The number of aryl methyl sites for hydroxylation is 1. The number of hydroxylamine groups is 2. The second-order valence-electron chi connectivity index (χ2n) is 5.35. The van der Waals surface area contributed by atoms with E-state index in [9.17, 15) is 14.7 Å². The molecule has 2 heterocycles. The van der Waals surface area contributed by atoms with Crippen LogP contribution in [0.5, 0.6) is 0 Å². The Morgan fingerprint density at radius 2 is 2.17 bits per heavy atom. The lowest BCUT2D eigenvalue weighted by atomic mass is 10.1. The van der Waals surface area contributed by atoms with E-state index in [1.807, 2.05) is 0 Å². The van der Waals surface area contributed by atoms with Crippen LogP contribution in [0.25, 0.3) is 11.5 Å². The minimum Gasteiger partial charge on any atom is -0.441 e. The Morgan fingerprint density at radius 1 is 1.46 bits per heavy atom. The number of hydrogen-bond acceptors (Lipinski definition) is 6. The number of nitrogens with zero attached hydrogens (tertiary/aromatic N) is 2. The summed E-state index contributed by atoms with van der Waals surface area (Å²) >= 11 is 5.77. The molecular weight excluding hydrogens is 336 g/mol. The number of benzene rings is 1. The van der Waals surface area contributed by atoms with E-state index in [0.717, 1.165) is 0 Å². The average Bonchev–Trinajstić information content (AvgIpc) is 3.11. The molecule has 1 amide bonds. The van der Waals surface area contributed by atoms with Gasteiger partial charge in [-0.1, -0.05) is 0 Å². The van der Waals surface area contributed by atoms with Crippen LogP contribution in [0.15, 0.2) is 28.7 Å². The van der Waals surface area contributed by atoms with Crippen LogP contribution >= 0.6 is 11.6 Å². The lowest BCUT2D eigenvalue weighted by molar-refractivity contribution is -0.191. The molecule has 126 valence electrons. The summed E-state index contributed by atoms with van der Waals surface area (Å²) in [4.78, 5) is 32.8. The van der Waals surface area contributed by atoms with Gasteiger partial charge in [0.15, 0.2) is 6.23 Å². The number of aliphatic hydroxyl groups is 1. The monoisotopic (exact) mass is 350 g/mol. The van der Waals surface area contributed by atoms with Gasteiger partial charge in [0, 0.05) is 18.4 Å². The SMILES string of the molecule is Cc1oc(-c2ccc(C(=O)ON3C(=O)CCC3O)cc2)nc1CCl. The van der Waals surface area contributed by atoms with Gasteiger partial charge < -0.3 is 14.4 Å². The molecule has 1 aliphatic rings. The summed E-state index contributed by atoms with van der Waals surface area (Å²) < 4.78 is 5.53. The summed E-state index contributed by atoms with van der Waals surface area (Å²) in [5, 5.41) is 10.3. The first-order valence-electron chi connectivity index (χ1n) is 7.34. The Bertz CT molecular complexity index is 771. The highest BCUT2D eigenvalue weighted by molar-refractivity contribution is 6.17. The molecule has 3 rings (SSSR count). The van der Waals surface area contributed by atoms with E-state index >= 15 is 0 Å². The average molecular weight is 351 g/mol. The summed E-state index contributed by atoms with van der Waals surface area (Å²) in [5.41, 5.74) is 1.59. The summed E-state index contributed by atoms with van der Waals surface area (Å²) in [5.74, 6) is 0.168. The molecule has 0 saturated carbocycles. The minimum atomic E-state index is -1.09. The van der Waals surface area contributed by atoms with Gasteiger partial charge in [0.05, 0.1) is 17.1 Å². The lowest BCUT2D eigenvalue weighted by Crippen LogP contribution is -2.35. The maximum atomic E-state index is 12.1. The van der Waals surface area contributed by atoms with Crippen LogP contribution in [0.4, 0.5) is 0 Å². The van der Waals surface area contributed by atoms with Gasteiger partial charge in [0.1, 0.15) is 5.76 Å². The number of hydrogen-bond donors (Lipinski definition) is 1. The number of oxazole rings is 1. The second kappa shape index (κ2) is 6.62. The van der Waals surface area contributed by atoms with E-state index in [1.54, 1.807) is 19.1 Å². The molecule has 0 bridgehead atoms. The van der Waals surface area contributed by atoms with Crippen LogP contribution < -0.4 is 0 Å². The van der Waals surface area contributed by atoms with Crippen LogP contribution in [0.1, 0.15) is 34.7 Å². The van der Waals surface area contributed by atoms with Crippen LogP contribution in [0, 0.1) is 6.92 Å². The molecule has 0 spiro atoms. The van der Waals surface area contributed by atoms with Crippen molar-refractivity contribution in [2.24, 2.45) is 0 Å². The van der Waals surface area contributed by atoms with Crippen molar-refractivity contribution in [3.63, 3.8) is 0 Å². The molecule has 24 heavy (non-hydrogen) atoms. The van der Waals surface area contributed by atoms with Crippen LogP contribution in [0.2, 0.25) is 0 Å². The van der Waals surface area contributed by atoms with Crippen LogP contribution in [-0.4, -0.2) is 33.3 Å². The van der Waals surface area contributed by atoms with E-state index in [2.05, 4.69) is 4.98 Å². The third kappa shape index (κ3) is 3.13. The molecule has 0 radical (unpaired) electrons. The fraction of sp³-hybridized carbons (Fsp3) is 0.312. The highest BCUT2D eigenvalue weighted by Crippen LogP contribution is 2.24. The number of carbonyl (C=O) groups is 2. The van der Waals surface area contributed by atoms with E-state index in [1.165, 1.54) is 12.1 Å². The number of aromatic nitrogens is 1. The van der Waals surface area contributed by atoms with Gasteiger partial charge in [-0.3, -0.25) is 4.79 Å². The number of rotatable bonds is 4. The zero-order valence-electron chi connectivity index (χ0n) is 12.9. The highest BCUT2D eigenvalue weighted by atomic mass is 35.5. The van der Waals surface area contributed by atoms with Crippen LogP contribution in [-0.2, 0) is 15.5 Å². The molecule has 1 N–H and O–H groups in total. The highest BCUT2D eigenvalue weighted by Gasteiger charge is 2.33. The van der Waals surface area contributed by atoms with Crippen molar-refractivity contribution >= 4 is 23.5 Å². The molecule has 1 unspecified atom stereocenters. The molecule has 2 aromatic rings. The van der Waals surface area contributed by atoms with Gasteiger partial charge in [-0.25, -0.2) is 9.78 Å². The van der Waals surface area contributed by atoms with Gasteiger partial charge in [-0.2, -0.15) is 0 Å². The van der Waals surface area contributed by atoms with Gasteiger partial charge in [0.2, 0.25) is 5.89 Å². The molecule has 1 atom stereocenters. The molecular formula is C16H15ClN2O5. The minimum absolute atomic E-state index is 0.153. The largest absolute Gasteiger partial charge is 0.441 e. The van der Waals surface area contributed by atoms with Crippen molar-refractivity contribution in [3.05, 3.63) is 41.3 Å². The lowest BCUT2D eigenvalue weighted by Gasteiger charge is -2.18. The quantitative estimate of drug-likeness (QED) is 0.851. The van der Waals surface area contributed by atoms with Crippen molar-refractivity contribution in [3.8, 4) is 11.5 Å². The van der Waals surface area contributed by atoms with Gasteiger partial charge in [-0.05, 0) is 31.2 Å². The second-order valence-corrected chi connectivity index (χ2v) is 5.62. The van der Waals surface area contributed by atoms with Crippen molar-refractivity contribution in [1.29, 1.82) is 0 Å².